The molecule has 1 aliphatic rings. The van der Waals surface area contributed by atoms with E-state index in [1.165, 1.54) is 0 Å². The van der Waals surface area contributed by atoms with Crippen molar-refractivity contribution < 1.29 is 9.94 Å². The third kappa shape index (κ3) is 2.96. The fourth-order valence-electron chi connectivity index (χ4n) is 2.36. The molecule has 1 aromatic rings. The van der Waals surface area contributed by atoms with E-state index >= 15 is 0 Å². The molecule has 2 heterocycles. The van der Waals surface area contributed by atoms with Gasteiger partial charge in [-0.15, -0.1) is 0 Å². The minimum atomic E-state index is -0.146. The molecule has 1 aromatic heterocycles. The van der Waals surface area contributed by atoms with Crippen LogP contribution in [0.25, 0.3) is 0 Å². The summed E-state index contributed by atoms with van der Waals surface area (Å²) in [5.74, 6) is 0.848. The van der Waals surface area contributed by atoms with E-state index < -0.39 is 0 Å². The number of pyridine rings is 1. The van der Waals surface area contributed by atoms with Crippen molar-refractivity contribution in [1.29, 1.82) is 0 Å². The normalized spacial score (nSPS) is 24.5. The van der Waals surface area contributed by atoms with Crippen LogP contribution < -0.4 is 10.6 Å². The van der Waals surface area contributed by atoms with Crippen molar-refractivity contribution >= 4 is 11.7 Å². The van der Waals surface area contributed by atoms with Gasteiger partial charge in [-0.05, 0) is 31.9 Å². The number of ether oxygens (including phenoxy) is 1. The summed E-state index contributed by atoms with van der Waals surface area (Å²) >= 11 is 0. The maximum atomic E-state index is 8.70. The van der Waals surface area contributed by atoms with Gasteiger partial charge in [0.25, 0.3) is 0 Å². The summed E-state index contributed by atoms with van der Waals surface area (Å²) in [4.78, 5) is 6.59. The van der Waals surface area contributed by atoms with Gasteiger partial charge in [-0.3, -0.25) is 0 Å². The number of piperidine rings is 1. The van der Waals surface area contributed by atoms with Gasteiger partial charge in [-0.25, -0.2) is 4.98 Å². The highest BCUT2D eigenvalue weighted by Crippen LogP contribution is 2.27. The molecule has 0 saturated carbocycles. The number of oxime groups is 1. The second-order valence-electron chi connectivity index (χ2n) is 5.05. The van der Waals surface area contributed by atoms with Crippen molar-refractivity contribution in [2.45, 2.75) is 25.4 Å². The summed E-state index contributed by atoms with van der Waals surface area (Å²) in [6.45, 7) is 3.83. The topological polar surface area (TPSA) is 84.0 Å². The van der Waals surface area contributed by atoms with E-state index in [2.05, 4.69) is 22.0 Å². The standard InChI is InChI=1S/C13H20N4O2/c1-13(19-2)7-4-8-17(9-13)11-6-3-5-10(15-11)12(14)16-18/h3,5-6,18H,4,7-9H2,1-2H3,(H2,14,16). The van der Waals surface area contributed by atoms with Gasteiger partial charge in [-0.1, -0.05) is 11.2 Å². The van der Waals surface area contributed by atoms with E-state index in [4.69, 9.17) is 15.7 Å². The molecule has 2 rings (SSSR count). The quantitative estimate of drug-likeness (QED) is 0.371. The zero-order valence-corrected chi connectivity index (χ0v) is 11.3. The number of hydrogen-bond acceptors (Lipinski definition) is 5. The lowest BCUT2D eigenvalue weighted by Gasteiger charge is -2.40. The smallest absolute Gasteiger partial charge is 0.188 e. The highest BCUT2D eigenvalue weighted by molar-refractivity contribution is 5.95. The zero-order chi connectivity index (χ0) is 13.9. The highest BCUT2D eigenvalue weighted by Gasteiger charge is 2.31. The molecular formula is C13H20N4O2. The van der Waals surface area contributed by atoms with Crippen LogP contribution in [0.2, 0.25) is 0 Å². The molecular weight excluding hydrogens is 244 g/mol. The zero-order valence-electron chi connectivity index (χ0n) is 11.3. The number of rotatable bonds is 3. The molecule has 6 heteroatoms. The molecule has 0 amide bonds. The van der Waals surface area contributed by atoms with Gasteiger partial charge in [0.15, 0.2) is 5.84 Å². The molecule has 3 N–H and O–H groups in total. The summed E-state index contributed by atoms with van der Waals surface area (Å²) in [6.07, 6.45) is 2.10. The molecule has 1 fully saturated rings. The Labute approximate surface area is 112 Å². The predicted octanol–water partition coefficient (Wildman–Crippen LogP) is 1.18. The van der Waals surface area contributed by atoms with Crippen LogP contribution in [0.3, 0.4) is 0 Å². The van der Waals surface area contributed by atoms with Crippen molar-refractivity contribution in [3.8, 4) is 0 Å². The minimum Gasteiger partial charge on any atom is -0.409 e. The van der Waals surface area contributed by atoms with Gasteiger partial charge in [0, 0.05) is 20.2 Å². The SMILES string of the molecule is COC1(C)CCCN(c2cccc(/C(N)=N/O)n2)C1. The summed E-state index contributed by atoms with van der Waals surface area (Å²) in [7, 11) is 1.74. The Morgan fingerprint density at radius 2 is 2.37 bits per heavy atom. The maximum Gasteiger partial charge on any atom is 0.188 e. The summed E-state index contributed by atoms with van der Waals surface area (Å²) in [6, 6.07) is 5.50. The third-order valence-corrected chi connectivity index (χ3v) is 3.58. The Morgan fingerprint density at radius 3 is 3.05 bits per heavy atom. The van der Waals surface area contributed by atoms with Crippen LogP contribution in [0.4, 0.5) is 5.82 Å². The van der Waals surface area contributed by atoms with Crippen molar-refractivity contribution in [3.05, 3.63) is 23.9 Å². The van der Waals surface area contributed by atoms with E-state index in [1.54, 1.807) is 13.2 Å². The van der Waals surface area contributed by atoms with Gasteiger partial charge in [-0.2, -0.15) is 0 Å². The molecule has 1 saturated heterocycles. The number of nitrogens with two attached hydrogens (primary N) is 1. The van der Waals surface area contributed by atoms with Crippen LogP contribution in [-0.2, 0) is 4.74 Å². The van der Waals surface area contributed by atoms with E-state index in [-0.39, 0.29) is 11.4 Å². The first-order chi connectivity index (χ1) is 9.08. The van der Waals surface area contributed by atoms with Crippen LogP contribution in [0, 0.1) is 0 Å². The van der Waals surface area contributed by atoms with Crippen molar-refractivity contribution in [1.82, 2.24) is 4.98 Å². The first kappa shape index (κ1) is 13.6. The number of amidine groups is 1. The first-order valence-electron chi connectivity index (χ1n) is 6.33. The van der Waals surface area contributed by atoms with Crippen LogP contribution in [-0.4, -0.2) is 41.8 Å². The highest BCUT2D eigenvalue weighted by atomic mass is 16.5. The van der Waals surface area contributed by atoms with Crippen molar-refractivity contribution in [2.75, 3.05) is 25.1 Å². The van der Waals surface area contributed by atoms with Gasteiger partial charge >= 0.3 is 0 Å². The first-order valence-corrected chi connectivity index (χ1v) is 6.33. The number of aromatic nitrogens is 1. The number of anilines is 1. The van der Waals surface area contributed by atoms with Gasteiger partial charge in [0.05, 0.1) is 5.60 Å². The Balaban J connectivity index is 2.22. The third-order valence-electron chi connectivity index (χ3n) is 3.58. The molecule has 1 aliphatic heterocycles. The van der Waals surface area contributed by atoms with Crippen molar-refractivity contribution in [2.24, 2.45) is 10.9 Å². The molecule has 0 radical (unpaired) electrons. The fourth-order valence-corrected chi connectivity index (χ4v) is 2.36. The van der Waals surface area contributed by atoms with E-state index in [0.717, 1.165) is 31.7 Å². The maximum absolute atomic E-state index is 8.70. The Hall–Kier alpha value is -1.82. The molecule has 104 valence electrons. The van der Waals surface area contributed by atoms with Gasteiger partial charge < -0.3 is 20.6 Å². The molecule has 1 unspecified atom stereocenters. The van der Waals surface area contributed by atoms with E-state index in [9.17, 15) is 0 Å². The second-order valence-corrected chi connectivity index (χ2v) is 5.05. The van der Waals surface area contributed by atoms with Crippen molar-refractivity contribution in [3.63, 3.8) is 0 Å². The van der Waals surface area contributed by atoms with Crippen LogP contribution in [0.15, 0.2) is 23.4 Å². The molecule has 1 atom stereocenters. The lowest BCUT2D eigenvalue weighted by Crippen LogP contribution is -2.47. The Morgan fingerprint density at radius 1 is 1.58 bits per heavy atom. The molecule has 0 aromatic carbocycles. The van der Waals surface area contributed by atoms with E-state index in [1.807, 2.05) is 12.1 Å². The average Bonchev–Trinajstić information content (AvgIpc) is 2.46. The minimum absolute atomic E-state index is 0.0216. The number of nitrogens with zero attached hydrogens (tertiary/aromatic N) is 3. The second kappa shape index (κ2) is 5.44. The Bertz CT molecular complexity index is 477. The molecule has 0 bridgehead atoms. The Kier molecular flexibility index (Phi) is 3.90. The van der Waals surface area contributed by atoms with Gasteiger partial charge in [0.1, 0.15) is 11.5 Å². The molecule has 0 spiro atoms. The predicted molar refractivity (Wildman–Crippen MR) is 73.6 cm³/mol. The van der Waals surface area contributed by atoms with Crippen LogP contribution in [0.5, 0.6) is 0 Å². The molecule has 6 nitrogen and oxygen atoms in total. The number of methoxy groups -OCH3 is 1. The largest absolute Gasteiger partial charge is 0.409 e. The summed E-state index contributed by atoms with van der Waals surface area (Å²) in [5, 5.41) is 11.7. The summed E-state index contributed by atoms with van der Waals surface area (Å²) in [5.41, 5.74) is 5.90. The van der Waals surface area contributed by atoms with E-state index in [0.29, 0.717) is 5.69 Å². The van der Waals surface area contributed by atoms with Crippen LogP contribution in [0.1, 0.15) is 25.5 Å². The fraction of sp³-hybridized carbons (Fsp3) is 0.538. The summed E-state index contributed by atoms with van der Waals surface area (Å²) < 4.78 is 5.57. The molecule has 0 aliphatic carbocycles. The molecule has 19 heavy (non-hydrogen) atoms. The lowest BCUT2D eigenvalue weighted by atomic mass is 9.95. The van der Waals surface area contributed by atoms with Gasteiger partial charge in [0.2, 0.25) is 0 Å². The average molecular weight is 264 g/mol. The van der Waals surface area contributed by atoms with Crippen LogP contribution >= 0.6 is 0 Å². The monoisotopic (exact) mass is 264 g/mol. The lowest BCUT2D eigenvalue weighted by molar-refractivity contribution is -0.00481. The number of hydrogen-bond donors (Lipinski definition) is 2.